The minimum Gasteiger partial charge on any atom is -0.398 e. The molecule has 1 aliphatic rings. The predicted octanol–water partition coefficient (Wildman–Crippen LogP) is 2.46. The van der Waals surface area contributed by atoms with Crippen LogP contribution in [0.1, 0.15) is 31.7 Å². The van der Waals surface area contributed by atoms with Crippen molar-refractivity contribution in [3.63, 3.8) is 0 Å². The first-order valence-electron chi connectivity index (χ1n) is 6.78. The quantitative estimate of drug-likeness (QED) is 0.815. The maximum atomic E-state index is 12.2. The molecule has 1 unspecified atom stereocenters. The summed E-state index contributed by atoms with van der Waals surface area (Å²) >= 11 is 0. The van der Waals surface area contributed by atoms with Crippen LogP contribution >= 0.6 is 0 Å². The molecule has 0 aromatic heterocycles. The third kappa shape index (κ3) is 3.25. The van der Waals surface area contributed by atoms with E-state index in [1.54, 1.807) is 0 Å². The Morgan fingerprint density at radius 3 is 2.89 bits per heavy atom. The standard InChI is InChI=1S/C15H22N2O/c1-12-5-4-9-17(10-8-12)15(18)11-13-6-2-3-7-14(13)16/h2-3,6-7,12H,4-5,8-11,16H2,1H3. The van der Waals surface area contributed by atoms with E-state index in [4.69, 9.17) is 5.73 Å². The van der Waals surface area contributed by atoms with Gasteiger partial charge in [-0.1, -0.05) is 25.1 Å². The molecule has 1 fully saturated rings. The zero-order valence-electron chi connectivity index (χ0n) is 11.1. The van der Waals surface area contributed by atoms with Crippen LogP contribution in [0, 0.1) is 5.92 Å². The molecule has 0 saturated carbocycles. The summed E-state index contributed by atoms with van der Waals surface area (Å²) in [4.78, 5) is 14.2. The smallest absolute Gasteiger partial charge is 0.227 e. The molecule has 1 amide bonds. The van der Waals surface area contributed by atoms with E-state index in [9.17, 15) is 4.79 Å². The molecule has 2 rings (SSSR count). The number of carbonyl (C=O) groups excluding carboxylic acids is 1. The van der Waals surface area contributed by atoms with Gasteiger partial charge in [-0.05, 0) is 36.8 Å². The van der Waals surface area contributed by atoms with E-state index in [-0.39, 0.29) is 5.91 Å². The van der Waals surface area contributed by atoms with Gasteiger partial charge in [0.2, 0.25) is 5.91 Å². The van der Waals surface area contributed by atoms with E-state index >= 15 is 0 Å². The molecule has 1 heterocycles. The van der Waals surface area contributed by atoms with Crippen LogP contribution < -0.4 is 5.73 Å². The summed E-state index contributed by atoms with van der Waals surface area (Å²) in [6.45, 7) is 4.06. The van der Waals surface area contributed by atoms with Crippen molar-refractivity contribution in [2.75, 3.05) is 18.8 Å². The Bertz CT molecular complexity index is 417. The molecule has 0 spiro atoms. The lowest BCUT2D eigenvalue weighted by molar-refractivity contribution is -0.130. The molecule has 2 N–H and O–H groups in total. The van der Waals surface area contributed by atoms with E-state index in [1.807, 2.05) is 29.2 Å². The van der Waals surface area contributed by atoms with Crippen LogP contribution in [-0.4, -0.2) is 23.9 Å². The number of nitrogen functional groups attached to an aromatic ring is 1. The molecule has 3 nitrogen and oxygen atoms in total. The van der Waals surface area contributed by atoms with Gasteiger partial charge < -0.3 is 10.6 Å². The molecule has 1 aromatic carbocycles. The van der Waals surface area contributed by atoms with Crippen LogP contribution in [0.15, 0.2) is 24.3 Å². The van der Waals surface area contributed by atoms with Gasteiger partial charge in [-0.3, -0.25) is 4.79 Å². The number of likely N-dealkylation sites (tertiary alicyclic amines) is 1. The molecule has 1 aromatic rings. The molecule has 98 valence electrons. The normalized spacial score (nSPS) is 20.5. The number of para-hydroxylation sites is 1. The minimum absolute atomic E-state index is 0.210. The number of nitrogens with zero attached hydrogens (tertiary/aromatic N) is 1. The number of nitrogens with two attached hydrogens (primary N) is 1. The lowest BCUT2D eigenvalue weighted by Gasteiger charge is -2.20. The van der Waals surface area contributed by atoms with E-state index < -0.39 is 0 Å². The maximum absolute atomic E-state index is 12.2. The highest BCUT2D eigenvalue weighted by molar-refractivity contribution is 5.80. The Labute approximate surface area is 109 Å². The van der Waals surface area contributed by atoms with E-state index in [0.717, 1.165) is 37.4 Å². The fourth-order valence-electron chi connectivity index (χ4n) is 2.48. The molecular weight excluding hydrogens is 224 g/mol. The average molecular weight is 246 g/mol. The molecule has 3 heteroatoms. The summed E-state index contributed by atoms with van der Waals surface area (Å²) in [5, 5.41) is 0. The highest BCUT2D eigenvalue weighted by atomic mass is 16.2. The number of benzene rings is 1. The SMILES string of the molecule is CC1CCCN(C(=O)Cc2ccccc2N)CC1. The topological polar surface area (TPSA) is 46.3 Å². The molecule has 18 heavy (non-hydrogen) atoms. The van der Waals surface area contributed by atoms with Crippen LogP contribution in [-0.2, 0) is 11.2 Å². The predicted molar refractivity (Wildman–Crippen MR) is 74.2 cm³/mol. The second-order valence-corrected chi connectivity index (χ2v) is 5.29. The van der Waals surface area contributed by atoms with Crippen LogP contribution in [0.25, 0.3) is 0 Å². The third-order valence-electron chi connectivity index (χ3n) is 3.77. The van der Waals surface area contributed by atoms with E-state index in [1.165, 1.54) is 6.42 Å². The molecular formula is C15H22N2O. The first kappa shape index (κ1) is 12.9. The van der Waals surface area contributed by atoms with Crippen molar-refractivity contribution in [3.05, 3.63) is 29.8 Å². The second kappa shape index (κ2) is 5.89. The largest absolute Gasteiger partial charge is 0.398 e. The van der Waals surface area contributed by atoms with Gasteiger partial charge in [-0.25, -0.2) is 0 Å². The summed E-state index contributed by atoms with van der Waals surface area (Å²) in [5.41, 5.74) is 7.54. The van der Waals surface area contributed by atoms with Crippen LogP contribution in [0.3, 0.4) is 0 Å². The first-order chi connectivity index (χ1) is 8.66. The highest BCUT2D eigenvalue weighted by Crippen LogP contribution is 2.18. The average Bonchev–Trinajstić information content (AvgIpc) is 2.57. The maximum Gasteiger partial charge on any atom is 0.227 e. The molecule has 0 radical (unpaired) electrons. The van der Waals surface area contributed by atoms with E-state index in [0.29, 0.717) is 12.1 Å². The summed E-state index contributed by atoms with van der Waals surface area (Å²) in [6, 6.07) is 7.63. The summed E-state index contributed by atoms with van der Waals surface area (Å²) in [5.74, 6) is 0.951. The van der Waals surface area contributed by atoms with Crippen molar-refractivity contribution in [2.24, 2.45) is 5.92 Å². The minimum atomic E-state index is 0.210. The lowest BCUT2D eigenvalue weighted by atomic mass is 10.0. The fourth-order valence-corrected chi connectivity index (χ4v) is 2.48. The Balaban J connectivity index is 1.97. The van der Waals surface area contributed by atoms with Crippen molar-refractivity contribution in [1.82, 2.24) is 4.90 Å². The molecule has 0 bridgehead atoms. The second-order valence-electron chi connectivity index (χ2n) is 5.29. The monoisotopic (exact) mass is 246 g/mol. The van der Waals surface area contributed by atoms with Crippen molar-refractivity contribution in [2.45, 2.75) is 32.6 Å². The van der Waals surface area contributed by atoms with Gasteiger partial charge in [0.25, 0.3) is 0 Å². The number of anilines is 1. The number of hydrogen-bond donors (Lipinski definition) is 1. The van der Waals surface area contributed by atoms with Crippen molar-refractivity contribution < 1.29 is 4.79 Å². The summed E-state index contributed by atoms with van der Waals surface area (Å²) in [7, 11) is 0. The van der Waals surface area contributed by atoms with Gasteiger partial charge >= 0.3 is 0 Å². The van der Waals surface area contributed by atoms with Gasteiger partial charge in [0.15, 0.2) is 0 Å². The van der Waals surface area contributed by atoms with Crippen LogP contribution in [0.5, 0.6) is 0 Å². The van der Waals surface area contributed by atoms with E-state index in [2.05, 4.69) is 6.92 Å². The van der Waals surface area contributed by atoms with Gasteiger partial charge in [-0.15, -0.1) is 0 Å². The zero-order chi connectivity index (χ0) is 13.0. The van der Waals surface area contributed by atoms with Gasteiger partial charge in [0.1, 0.15) is 0 Å². The lowest BCUT2D eigenvalue weighted by Crippen LogP contribution is -2.33. The Morgan fingerprint density at radius 2 is 2.11 bits per heavy atom. The number of amides is 1. The van der Waals surface area contributed by atoms with Crippen molar-refractivity contribution >= 4 is 11.6 Å². The van der Waals surface area contributed by atoms with Crippen molar-refractivity contribution in [3.8, 4) is 0 Å². The third-order valence-corrected chi connectivity index (χ3v) is 3.77. The number of hydrogen-bond acceptors (Lipinski definition) is 2. The molecule has 1 atom stereocenters. The van der Waals surface area contributed by atoms with Crippen molar-refractivity contribution in [1.29, 1.82) is 0 Å². The summed E-state index contributed by atoms with van der Waals surface area (Å²) in [6.07, 6.45) is 3.91. The van der Waals surface area contributed by atoms with Gasteiger partial charge in [0.05, 0.1) is 6.42 Å². The summed E-state index contributed by atoms with van der Waals surface area (Å²) < 4.78 is 0. The number of rotatable bonds is 2. The van der Waals surface area contributed by atoms with Gasteiger partial charge in [-0.2, -0.15) is 0 Å². The van der Waals surface area contributed by atoms with Gasteiger partial charge in [0, 0.05) is 18.8 Å². The molecule has 1 saturated heterocycles. The van der Waals surface area contributed by atoms with Crippen LogP contribution in [0.2, 0.25) is 0 Å². The highest BCUT2D eigenvalue weighted by Gasteiger charge is 2.18. The Kier molecular flexibility index (Phi) is 4.24. The number of carbonyl (C=O) groups is 1. The Hall–Kier alpha value is -1.51. The van der Waals surface area contributed by atoms with Crippen LogP contribution in [0.4, 0.5) is 5.69 Å². The zero-order valence-corrected chi connectivity index (χ0v) is 11.1. The Morgan fingerprint density at radius 1 is 1.33 bits per heavy atom. The molecule has 1 aliphatic heterocycles. The first-order valence-corrected chi connectivity index (χ1v) is 6.78. The molecule has 0 aliphatic carbocycles. The fraction of sp³-hybridized carbons (Fsp3) is 0.533.